The van der Waals surface area contributed by atoms with Gasteiger partial charge in [-0.1, -0.05) is 60.7 Å². The number of hydrogen-bond acceptors (Lipinski definition) is 3. The van der Waals surface area contributed by atoms with Crippen molar-refractivity contribution in [2.24, 2.45) is 11.7 Å². The predicted octanol–water partition coefficient (Wildman–Crippen LogP) is 4.12. The Kier molecular flexibility index (Phi) is 11.3. The van der Waals surface area contributed by atoms with Crippen LogP contribution in [0.4, 0.5) is 0 Å². The zero-order valence-electron chi connectivity index (χ0n) is 17.1. The number of rotatable bonds is 7. The molecule has 2 N–H and O–H groups in total. The van der Waals surface area contributed by atoms with Gasteiger partial charge in [-0.05, 0) is 36.8 Å². The molecule has 160 valence electrons. The van der Waals surface area contributed by atoms with Gasteiger partial charge in [-0.15, -0.1) is 24.8 Å². The van der Waals surface area contributed by atoms with Crippen LogP contribution in [0.1, 0.15) is 30.9 Å². The summed E-state index contributed by atoms with van der Waals surface area (Å²) in [5.41, 5.74) is 8.55. The van der Waals surface area contributed by atoms with Crippen LogP contribution in [0.25, 0.3) is 0 Å². The van der Waals surface area contributed by atoms with Gasteiger partial charge in [0.1, 0.15) is 0 Å². The lowest BCUT2D eigenvalue weighted by atomic mass is 9.92. The maximum Gasteiger partial charge on any atom is 0.236 e. The summed E-state index contributed by atoms with van der Waals surface area (Å²) in [5, 5.41) is 0. The average molecular weight is 438 g/mol. The quantitative estimate of drug-likeness (QED) is 0.708. The first-order valence-corrected chi connectivity index (χ1v) is 9.95. The number of nitrogens with zero attached hydrogens (tertiary/aromatic N) is 2. The van der Waals surface area contributed by atoms with Gasteiger partial charge in [-0.3, -0.25) is 9.69 Å². The monoisotopic (exact) mass is 437 g/mol. The van der Waals surface area contributed by atoms with Gasteiger partial charge in [0.25, 0.3) is 0 Å². The molecule has 1 heterocycles. The molecule has 0 spiro atoms. The van der Waals surface area contributed by atoms with Crippen molar-refractivity contribution in [3.63, 3.8) is 0 Å². The van der Waals surface area contributed by atoms with Gasteiger partial charge in [0.2, 0.25) is 5.91 Å². The van der Waals surface area contributed by atoms with Crippen LogP contribution in [-0.4, -0.2) is 41.4 Å². The number of piperidine rings is 1. The summed E-state index contributed by atoms with van der Waals surface area (Å²) in [6.45, 7) is 5.68. The van der Waals surface area contributed by atoms with Gasteiger partial charge in [0.15, 0.2) is 0 Å². The van der Waals surface area contributed by atoms with Crippen LogP contribution in [0.15, 0.2) is 60.7 Å². The highest BCUT2D eigenvalue weighted by Gasteiger charge is 2.26. The molecule has 0 aliphatic carbocycles. The second kappa shape index (κ2) is 12.9. The van der Waals surface area contributed by atoms with Crippen LogP contribution in [0.3, 0.4) is 0 Å². The summed E-state index contributed by atoms with van der Waals surface area (Å²) in [4.78, 5) is 17.3. The molecular formula is C23H33Cl2N3O. The first-order chi connectivity index (χ1) is 13.1. The lowest BCUT2D eigenvalue weighted by Gasteiger charge is -2.36. The minimum absolute atomic E-state index is 0. The van der Waals surface area contributed by atoms with Crippen LogP contribution in [0, 0.1) is 5.92 Å². The molecule has 4 nitrogen and oxygen atoms in total. The number of amides is 1. The number of hydrogen-bond donors (Lipinski definition) is 1. The fourth-order valence-corrected chi connectivity index (χ4v) is 3.81. The molecular weight excluding hydrogens is 405 g/mol. The minimum atomic E-state index is 0. The lowest BCUT2D eigenvalue weighted by molar-refractivity contribution is -0.134. The standard InChI is InChI=1S/C23H31N3O.2ClH/c1-19(24)22-13-8-14-26(17-22)23(27)18-25(15-20-9-4-2-5-10-20)16-21-11-6-3-7-12-21;;/h2-7,9-12,19,22H,8,13-18,24H2,1H3;2*1H. The number of carbonyl (C=O) groups excluding carboxylic acids is 1. The van der Waals surface area contributed by atoms with E-state index in [1.54, 1.807) is 0 Å². The summed E-state index contributed by atoms with van der Waals surface area (Å²) in [5.74, 6) is 0.631. The maximum absolute atomic E-state index is 13.0. The second-order valence-electron chi connectivity index (χ2n) is 7.72. The minimum Gasteiger partial charge on any atom is -0.341 e. The van der Waals surface area contributed by atoms with Crippen LogP contribution in [0.2, 0.25) is 0 Å². The van der Waals surface area contributed by atoms with Crippen LogP contribution in [-0.2, 0) is 17.9 Å². The molecule has 1 aliphatic heterocycles. The van der Waals surface area contributed by atoms with E-state index in [0.717, 1.165) is 39.0 Å². The van der Waals surface area contributed by atoms with E-state index in [-0.39, 0.29) is 36.8 Å². The van der Waals surface area contributed by atoms with E-state index in [4.69, 9.17) is 5.73 Å². The summed E-state index contributed by atoms with van der Waals surface area (Å²) < 4.78 is 0. The van der Waals surface area contributed by atoms with Crippen molar-refractivity contribution in [2.45, 2.75) is 38.9 Å². The highest BCUT2D eigenvalue weighted by molar-refractivity contribution is 5.85. The van der Waals surface area contributed by atoms with Crippen molar-refractivity contribution in [3.05, 3.63) is 71.8 Å². The molecule has 1 amide bonds. The van der Waals surface area contributed by atoms with Gasteiger partial charge in [-0.25, -0.2) is 0 Å². The molecule has 6 heteroatoms. The van der Waals surface area contributed by atoms with Crippen molar-refractivity contribution in [2.75, 3.05) is 19.6 Å². The van der Waals surface area contributed by atoms with Crippen molar-refractivity contribution in [1.29, 1.82) is 0 Å². The van der Waals surface area contributed by atoms with Crippen molar-refractivity contribution < 1.29 is 4.79 Å². The van der Waals surface area contributed by atoms with Crippen molar-refractivity contribution >= 4 is 30.7 Å². The molecule has 3 rings (SSSR count). The molecule has 2 unspecified atom stereocenters. The first-order valence-electron chi connectivity index (χ1n) is 9.95. The van der Waals surface area contributed by atoms with Gasteiger partial charge in [0.05, 0.1) is 6.54 Å². The molecule has 1 saturated heterocycles. The van der Waals surface area contributed by atoms with E-state index in [1.165, 1.54) is 11.1 Å². The molecule has 1 aliphatic rings. The molecule has 29 heavy (non-hydrogen) atoms. The Bertz CT molecular complexity index is 671. The van der Waals surface area contributed by atoms with E-state index < -0.39 is 0 Å². The van der Waals surface area contributed by atoms with E-state index >= 15 is 0 Å². The van der Waals surface area contributed by atoms with Crippen molar-refractivity contribution in [1.82, 2.24) is 9.80 Å². The zero-order valence-corrected chi connectivity index (χ0v) is 18.7. The van der Waals surface area contributed by atoms with E-state index in [9.17, 15) is 4.79 Å². The zero-order chi connectivity index (χ0) is 19.1. The molecule has 1 fully saturated rings. The molecule has 2 atom stereocenters. The third-order valence-electron chi connectivity index (χ3n) is 5.41. The Morgan fingerprint density at radius 3 is 2.03 bits per heavy atom. The molecule has 0 radical (unpaired) electrons. The van der Waals surface area contributed by atoms with Gasteiger partial charge >= 0.3 is 0 Å². The number of halogens is 2. The maximum atomic E-state index is 13.0. The Labute approximate surface area is 187 Å². The van der Waals surface area contributed by atoms with Gasteiger partial charge in [0, 0.05) is 32.2 Å². The van der Waals surface area contributed by atoms with Crippen molar-refractivity contribution in [3.8, 4) is 0 Å². The fourth-order valence-electron chi connectivity index (χ4n) is 3.81. The molecule has 0 saturated carbocycles. The Morgan fingerprint density at radius 1 is 1.03 bits per heavy atom. The highest BCUT2D eigenvalue weighted by Crippen LogP contribution is 2.19. The van der Waals surface area contributed by atoms with Gasteiger partial charge < -0.3 is 10.6 Å². The molecule has 2 aromatic carbocycles. The third kappa shape index (κ3) is 7.98. The number of benzene rings is 2. The van der Waals surface area contributed by atoms with E-state index in [1.807, 2.05) is 17.0 Å². The lowest BCUT2D eigenvalue weighted by Crippen LogP contribution is -2.48. The summed E-state index contributed by atoms with van der Waals surface area (Å²) >= 11 is 0. The molecule has 0 bridgehead atoms. The number of nitrogens with two attached hydrogens (primary N) is 1. The second-order valence-corrected chi connectivity index (χ2v) is 7.72. The van der Waals surface area contributed by atoms with E-state index in [2.05, 4.69) is 60.4 Å². The third-order valence-corrected chi connectivity index (χ3v) is 5.41. The smallest absolute Gasteiger partial charge is 0.236 e. The Hall–Kier alpha value is -1.59. The first kappa shape index (κ1) is 25.4. The van der Waals surface area contributed by atoms with E-state index in [0.29, 0.717) is 12.5 Å². The van der Waals surface area contributed by atoms with Crippen LogP contribution >= 0.6 is 24.8 Å². The molecule has 0 aromatic heterocycles. The SMILES string of the molecule is CC(N)C1CCCN(C(=O)CN(Cc2ccccc2)Cc2ccccc2)C1.Cl.Cl. The largest absolute Gasteiger partial charge is 0.341 e. The predicted molar refractivity (Wildman–Crippen MR) is 124 cm³/mol. The topological polar surface area (TPSA) is 49.6 Å². The van der Waals surface area contributed by atoms with Crippen LogP contribution in [0.5, 0.6) is 0 Å². The summed E-state index contributed by atoms with van der Waals surface area (Å²) in [7, 11) is 0. The Balaban J connectivity index is 0.00000210. The van der Waals surface area contributed by atoms with Gasteiger partial charge in [-0.2, -0.15) is 0 Å². The highest BCUT2D eigenvalue weighted by atomic mass is 35.5. The number of likely N-dealkylation sites (tertiary alicyclic amines) is 1. The summed E-state index contributed by atoms with van der Waals surface area (Å²) in [6.07, 6.45) is 2.18. The van der Waals surface area contributed by atoms with Crippen LogP contribution < -0.4 is 5.73 Å². The normalized spacial score (nSPS) is 17.2. The number of carbonyl (C=O) groups is 1. The fraction of sp³-hybridized carbons (Fsp3) is 0.435. The molecule has 2 aromatic rings. The summed E-state index contributed by atoms with van der Waals surface area (Å²) in [6, 6.07) is 20.9. The average Bonchev–Trinajstić information content (AvgIpc) is 2.69. The Morgan fingerprint density at radius 2 is 1.55 bits per heavy atom.